The molecule has 5 saturated carbocycles. The number of rotatable bonds is 17. The van der Waals surface area contributed by atoms with Gasteiger partial charge in [0, 0.05) is 104 Å². The molecule has 3 radical (unpaired) electrons. The number of aliphatic hydroxyl groups is 3. The first-order chi connectivity index (χ1) is 39.5. The molecule has 0 aromatic heterocycles. The van der Waals surface area contributed by atoms with Gasteiger partial charge in [-0.3, -0.25) is 63.4 Å². The van der Waals surface area contributed by atoms with Crippen LogP contribution >= 0.6 is 23.2 Å². The first-order valence-corrected chi connectivity index (χ1v) is 26.8. The molecule has 88 heavy (non-hydrogen) atoms. The van der Waals surface area contributed by atoms with Crippen molar-refractivity contribution < 1.29 is 162 Å². The standard InChI is InChI=1S/C14H17NO6.C7H8Cl2O3.C7H5NO4.2C7H12O3.C7H10O3.C5H8O2.CH4O.CH3.B.Na.Zn.H/c1-20-13(16)8-9-6-12(7-9)21-14(17)10-2-4-11(5-3-10)15(18)19;1-12-6(11)3-4-2-5(10)7(4,8)9;9-7(10)5-1-3-6(4-2-5)8(11)12;3*1-10-7(9)4-5-2-6(8)3-5;1-3-4-5(6)7-2;1-2;;;;;/h2,4-5,9-10,12H,3,6-8H2,1H3;4H,2-3H2,1H3;1-4H,(H,9,10);2*5-6,8H,2-4H2,1H3;5H,2-4H2,1H3;3H,1,4H2,2H3;2H,1H3;1H3;;;;/q;;;;;;;;-1;;+1;;-1. The fourth-order valence-corrected chi connectivity index (χ4v) is 8.31. The summed E-state index contributed by atoms with van der Waals surface area (Å²) in [7, 11) is 9.12. The molecule has 1 aromatic carbocycles. The van der Waals surface area contributed by atoms with Gasteiger partial charge in [-0.15, -0.1) is 6.58 Å². The van der Waals surface area contributed by atoms with Crippen molar-refractivity contribution in [2.45, 2.75) is 125 Å². The van der Waals surface area contributed by atoms with Crippen molar-refractivity contribution in [2.75, 3.05) is 49.8 Å². The second-order valence-electron chi connectivity index (χ2n) is 19.3. The van der Waals surface area contributed by atoms with Crippen LogP contribution in [0.15, 0.2) is 60.8 Å². The van der Waals surface area contributed by atoms with Gasteiger partial charge in [0.05, 0.1) is 89.0 Å². The first kappa shape index (κ1) is 91.2. The van der Waals surface area contributed by atoms with E-state index in [4.69, 9.17) is 48.4 Å². The van der Waals surface area contributed by atoms with Gasteiger partial charge in [-0.2, -0.15) is 0 Å². The maximum absolute atomic E-state index is 11.9. The van der Waals surface area contributed by atoms with Gasteiger partial charge in [-0.25, -0.2) is 4.79 Å². The van der Waals surface area contributed by atoms with Crippen molar-refractivity contribution in [1.29, 1.82) is 0 Å². The fourth-order valence-electron chi connectivity index (χ4n) is 7.84. The van der Waals surface area contributed by atoms with Gasteiger partial charge in [0.15, 0.2) is 10.1 Å². The molecule has 5 fully saturated rings. The Morgan fingerprint density at radius 2 is 1.05 bits per heavy atom. The van der Waals surface area contributed by atoms with Gasteiger partial charge < -0.3 is 62.4 Å². The summed E-state index contributed by atoms with van der Waals surface area (Å²) in [6.45, 7) is 3.35. The minimum absolute atomic E-state index is 0. The number of nitrogens with zero attached hydrogens (tertiary/aromatic N) is 2. The summed E-state index contributed by atoms with van der Waals surface area (Å²) in [5.41, 5.74) is -0.0681. The van der Waals surface area contributed by atoms with E-state index >= 15 is 0 Å². The van der Waals surface area contributed by atoms with E-state index in [1.807, 2.05) is 0 Å². The molecule has 7 rings (SSSR count). The predicted molar refractivity (Wildman–Crippen MR) is 309 cm³/mol. The first-order valence-electron chi connectivity index (χ1n) is 26.0. The number of benzene rings is 1. The van der Waals surface area contributed by atoms with Crippen molar-refractivity contribution in [3.05, 3.63) is 94.1 Å². The molecule has 0 heterocycles. The zero-order valence-corrected chi connectivity index (χ0v) is 57.6. The Morgan fingerprint density at radius 3 is 1.33 bits per heavy atom. The number of carbonyl (C=O) groups excluding carboxylic acids is 9. The van der Waals surface area contributed by atoms with Crippen LogP contribution in [0.2, 0.25) is 0 Å². The molecule has 0 amide bonds. The molecule has 6 aliphatic rings. The number of hydrogen-bond acceptors (Lipinski definition) is 24. The molecule has 0 saturated heterocycles. The average Bonchev–Trinajstić information content (AvgIpc) is 1.000. The number of carboxylic acids is 1. The van der Waals surface area contributed by atoms with Gasteiger partial charge in [0.1, 0.15) is 11.9 Å². The van der Waals surface area contributed by atoms with Gasteiger partial charge in [-0.05, 0) is 86.8 Å². The normalized spacial score (nSPS) is 21.2. The molecule has 32 heteroatoms. The second kappa shape index (κ2) is 49.3. The van der Waals surface area contributed by atoms with Crippen molar-refractivity contribution in [3.8, 4) is 0 Å². The average molecular weight is 1350 g/mol. The molecule has 0 spiro atoms. The number of carbonyl (C=O) groups is 10. The Bertz CT molecular complexity index is 2390. The number of aliphatic hydroxyl groups excluding tert-OH is 3. The summed E-state index contributed by atoms with van der Waals surface area (Å²) in [4.78, 5) is 127. The molecular formula is C56H80BCl2N2NaO25Zn-. The number of non-ortho nitro benzene ring substituents is 1. The summed E-state index contributed by atoms with van der Waals surface area (Å²) in [5, 5.41) is 53.8. The van der Waals surface area contributed by atoms with Gasteiger partial charge >= 0.3 is 77.3 Å². The minimum Gasteiger partial charge on any atom is -1.00 e. The Morgan fingerprint density at radius 1 is 0.659 bits per heavy atom. The number of ether oxygens (including phenoxy) is 7. The van der Waals surface area contributed by atoms with E-state index in [9.17, 15) is 68.2 Å². The van der Waals surface area contributed by atoms with E-state index in [1.165, 1.54) is 79.1 Å². The maximum Gasteiger partial charge on any atom is 1.00 e. The van der Waals surface area contributed by atoms with Crippen LogP contribution in [0.4, 0.5) is 5.69 Å². The maximum atomic E-state index is 11.9. The van der Waals surface area contributed by atoms with Crippen LogP contribution in [0.3, 0.4) is 0 Å². The molecule has 0 aliphatic heterocycles. The predicted octanol–water partition coefficient (Wildman–Crippen LogP) is 2.91. The summed E-state index contributed by atoms with van der Waals surface area (Å²) in [6, 6.07) is 4.70. The summed E-state index contributed by atoms with van der Waals surface area (Å²) < 4.78 is 30.6. The number of alkyl halides is 2. The number of methoxy groups -OCH3 is 6. The minimum atomic E-state index is -1.37. The van der Waals surface area contributed by atoms with Crippen molar-refractivity contribution in [3.63, 3.8) is 0 Å². The van der Waals surface area contributed by atoms with E-state index in [0.717, 1.165) is 44.9 Å². The molecule has 4 N–H and O–H groups in total. The molecule has 0 bridgehead atoms. The third-order valence-corrected chi connectivity index (χ3v) is 14.1. The number of allylic oxidation sites excluding steroid dienone is 2. The van der Waals surface area contributed by atoms with E-state index < -0.39 is 32.0 Å². The van der Waals surface area contributed by atoms with Crippen LogP contribution < -0.4 is 29.6 Å². The zero-order valence-electron chi connectivity index (χ0n) is 52.1. The zero-order chi connectivity index (χ0) is 64.3. The van der Waals surface area contributed by atoms with Crippen molar-refractivity contribution in [1.82, 2.24) is 0 Å². The van der Waals surface area contributed by atoms with E-state index in [1.54, 1.807) is 0 Å². The Kier molecular flexibility index (Phi) is 51.1. The largest absolute Gasteiger partial charge is 1.00 e. The summed E-state index contributed by atoms with van der Waals surface area (Å²) in [6.07, 6.45) is 13.4. The number of nitro benzene ring substituents is 1. The summed E-state index contributed by atoms with van der Waals surface area (Å²) in [5.74, 6) is -2.42. The van der Waals surface area contributed by atoms with Crippen molar-refractivity contribution >= 4 is 96.6 Å². The number of aromatic carboxylic acids is 1. The van der Waals surface area contributed by atoms with Crippen LogP contribution in [-0.2, 0) is 95.8 Å². The van der Waals surface area contributed by atoms with E-state index in [0.29, 0.717) is 69.6 Å². The number of ketones is 2. The fraction of sp³-hybridized carbons (Fsp3) is 0.589. The number of hydrogen-bond donors (Lipinski definition) is 4. The number of halogens is 2. The number of nitro groups is 2. The molecule has 485 valence electrons. The molecule has 2 unspecified atom stereocenters. The molecule has 2 atom stereocenters. The monoisotopic (exact) mass is 1350 g/mol. The Hall–Kier alpha value is -5.51. The molecule has 1 aromatic rings. The van der Waals surface area contributed by atoms with Gasteiger partial charge in [0.2, 0.25) is 0 Å². The molecule has 27 nitrogen and oxygen atoms in total. The van der Waals surface area contributed by atoms with Crippen molar-refractivity contribution in [2.24, 2.45) is 35.5 Å². The Labute approximate surface area is 559 Å². The third kappa shape index (κ3) is 36.8. The Balaban J connectivity index is -0.000000228. The SMILES string of the molecule is C=CCC(=O)OC.CO.COC(=O)CC1CC(=O)C1.COC(=O)CC1CC(=O)C1(Cl)Cl.COC(=O)CC1CC(O)C1.COC(=O)CC1CC(O)C1.COC(=O)CC1CC(OC(=O)C2C=CC([N+](=O)[O-])=CC2)C1.O=C(O)c1ccc([N+](=O)[O-])cc1.[B].[CH3-].[H-].[Na+].[Zn]. The van der Waals surface area contributed by atoms with Crippen LogP contribution in [0.25, 0.3) is 0 Å². The van der Waals surface area contributed by atoms with Crippen LogP contribution in [0, 0.1) is 63.2 Å². The van der Waals surface area contributed by atoms with E-state index in [2.05, 4.69) is 35.0 Å². The number of carboxylic acid groups (broad SMARTS) is 1. The number of esters is 7. The molecule has 6 aliphatic carbocycles. The number of Topliss-reactive ketones (excluding diaryl/α,β-unsaturated/α-hetero) is 2. The second-order valence-corrected chi connectivity index (χ2v) is 20.7. The summed E-state index contributed by atoms with van der Waals surface area (Å²) >= 11 is 11.3. The van der Waals surface area contributed by atoms with Crippen LogP contribution in [-0.4, -0.2) is 170 Å². The topological polar surface area (TPSA) is 403 Å². The smallest absolute Gasteiger partial charge is 1.00 e. The van der Waals surface area contributed by atoms with Crippen LogP contribution in [0.5, 0.6) is 0 Å². The van der Waals surface area contributed by atoms with Gasteiger partial charge in [-0.1, -0.05) is 35.4 Å². The van der Waals surface area contributed by atoms with Crippen LogP contribution in [0.1, 0.15) is 115 Å². The van der Waals surface area contributed by atoms with E-state index in [-0.39, 0.29) is 186 Å². The molecular weight excluding hydrogens is 1270 g/mol. The van der Waals surface area contributed by atoms with Gasteiger partial charge in [0.25, 0.3) is 11.4 Å². The third-order valence-electron chi connectivity index (χ3n) is 13.1. The quantitative estimate of drug-likeness (QED) is 0.0254.